The Bertz CT molecular complexity index is 987. The second kappa shape index (κ2) is 8.24. The van der Waals surface area contributed by atoms with Crippen LogP contribution < -0.4 is 10.6 Å². The molecule has 148 valence electrons. The minimum atomic E-state index is -2.70. The topological polar surface area (TPSA) is 68.2 Å². The second-order valence-corrected chi connectivity index (χ2v) is 6.30. The molecule has 0 aliphatic heterocycles. The zero-order valence-corrected chi connectivity index (χ0v) is 15.9. The molecule has 0 saturated carbocycles. The Labute approximate surface area is 161 Å². The molecule has 0 bridgehead atoms. The zero-order valence-electron chi connectivity index (χ0n) is 15.9. The first-order valence-electron chi connectivity index (χ1n) is 8.97. The van der Waals surface area contributed by atoms with E-state index in [1.807, 2.05) is 13.0 Å². The number of alkyl halides is 2. The maximum atomic E-state index is 13.7. The zero-order chi connectivity index (χ0) is 20.3. The molecule has 0 saturated heterocycles. The molecule has 1 unspecified atom stereocenters. The number of nitrogens with one attached hydrogen (secondary N) is 2. The summed E-state index contributed by atoms with van der Waals surface area (Å²) in [4.78, 5) is 16.1. The summed E-state index contributed by atoms with van der Waals surface area (Å²) in [7, 11) is 0. The molecule has 2 N–H and O–H groups in total. The molecule has 0 aliphatic carbocycles. The van der Waals surface area contributed by atoms with E-state index in [-0.39, 0.29) is 12.4 Å². The lowest BCUT2D eigenvalue weighted by atomic mass is 10.1. The van der Waals surface area contributed by atoms with Crippen molar-refractivity contribution in [3.05, 3.63) is 53.9 Å². The molecule has 0 fully saturated rings. The van der Waals surface area contributed by atoms with Crippen LogP contribution in [0.5, 0.6) is 0 Å². The van der Waals surface area contributed by atoms with Crippen molar-refractivity contribution in [2.45, 2.75) is 33.4 Å². The highest BCUT2D eigenvalue weighted by Crippen LogP contribution is 2.31. The summed E-state index contributed by atoms with van der Waals surface area (Å²) in [6, 6.07) is 11.6. The van der Waals surface area contributed by atoms with Crippen molar-refractivity contribution in [2.75, 3.05) is 17.2 Å². The minimum Gasteiger partial charge on any atom is -0.450 e. The smallest absolute Gasteiger partial charge is 0.411 e. The SMILES string of the molecule is CCOC(=O)Nc1cccc(NC(C)c2nc3ccccc3n2C(F)F)c1C. The lowest BCUT2D eigenvalue weighted by Gasteiger charge is -2.19. The monoisotopic (exact) mass is 388 g/mol. The number of amides is 1. The van der Waals surface area contributed by atoms with E-state index in [1.165, 1.54) is 0 Å². The molecule has 3 aromatic rings. The molecule has 1 atom stereocenters. The van der Waals surface area contributed by atoms with Gasteiger partial charge in [0, 0.05) is 11.4 Å². The first-order valence-corrected chi connectivity index (χ1v) is 8.97. The number of halogens is 2. The summed E-state index contributed by atoms with van der Waals surface area (Å²) in [5, 5.41) is 5.89. The molecule has 1 aromatic heterocycles. The van der Waals surface area contributed by atoms with E-state index in [0.29, 0.717) is 22.4 Å². The van der Waals surface area contributed by atoms with Crippen molar-refractivity contribution >= 4 is 28.5 Å². The first kappa shape index (κ1) is 19.6. The number of ether oxygens (including phenoxy) is 1. The average Bonchev–Trinajstić information content (AvgIpc) is 3.05. The van der Waals surface area contributed by atoms with Crippen molar-refractivity contribution < 1.29 is 18.3 Å². The first-order chi connectivity index (χ1) is 13.4. The molecule has 8 heteroatoms. The lowest BCUT2D eigenvalue weighted by Crippen LogP contribution is -2.17. The highest BCUT2D eigenvalue weighted by molar-refractivity contribution is 5.87. The minimum absolute atomic E-state index is 0.236. The Morgan fingerprint density at radius 1 is 1.18 bits per heavy atom. The van der Waals surface area contributed by atoms with Gasteiger partial charge in [-0.05, 0) is 50.6 Å². The van der Waals surface area contributed by atoms with Crippen LogP contribution in [0.25, 0.3) is 11.0 Å². The highest BCUT2D eigenvalue weighted by atomic mass is 19.3. The Balaban J connectivity index is 1.90. The van der Waals surface area contributed by atoms with Crippen LogP contribution in [0.2, 0.25) is 0 Å². The number of fused-ring (bicyclic) bond motifs is 1. The van der Waals surface area contributed by atoms with E-state index in [9.17, 15) is 13.6 Å². The number of nitrogens with zero attached hydrogens (tertiary/aromatic N) is 2. The molecule has 0 aliphatic rings. The lowest BCUT2D eigenvalue weighted by molar-refractivity contribution is 0.0708. The van der Waals surface area contributed by atoms with Gasteiger partial charge in [0.15, 0.2) is 0 Å². The fourth-order valence-electron chi connectivity index (χ4n) is 3.08. The van der Waals surface area contributed by atoms with Crippen molar-refractivity contribution in [1.29, 1.82) is 0 Å². The van der Waals surface area contributed by atoms with Gasteiger partial charge in [-0.2, -0.15) is 8.78 Å². The number of hydrogen-bond donors (Lipinski definition) is 2. The summed E-state index contributed by atoms with van der Waals surface area (Å²) in [6.45, 7) is 2.88. The van der Waals surface area contributed by atoms with E-state index in [2.05, 4.69) is 15.6 Å². The van der Waals surface area contributed by atoms with Gasteiger partial charge >= 0.3 is 12.6 Å². The third-order valence-corrected chi connectivity index (χ3v) is 4.42. The molecule has 2 aromatic carbocycles. The van der Waals surface area contributed by atoms with Crippen LogP contribution in [0.1, 0.15) is 37.8 Å². The van der Waals surface area contributed by atoms with E-state index in [4.69, 9.17) is 4.74 Å². The molecular weight excluding hydrogens is 366 g/mol. The van der Waals surface area contributed by atoms with Crippen molar-refractivity contribution in [3.8, 4) is 0 Å². The number of para-hydroxylation sites is 2. The molecule has 6 nitrogen and oxygen atoms in total. The van der Waals surface area contributed by atoms with Crippen molar-refractivity contribution in [2.24, 2.45) is 0 Å². The van der Waals surface area contributed by atoms with Gasteiger partial charge in [0.25, 0.3) is 0 Å². The Hall–Kier alpha value is -3.16. The third kappa shape index (κ3) is 3.90. The van der Waals surface area contributed by atoms with Gasteiger partial charge < -0.3 is 10.1 Å². The van der Waals surface area contributed by atoms with Crippen LogP contribution in [0.3, 0.4) is 0 Å². The summed E-state index contributed by atoms with van der Waals surface area (Å²) in [5.41, 5.74) is 2.95. The Morgan fingerprint density at radius 3 is 2.61 bits per heavy atom. The highest BCUT2D eigenvalue weighted by Gasteiger charge is 2.22. The number of benzene rings is 2. The standard InChI is InChI=1S/C20H22F2N4O2/c1-4-28-20(27)25-15-10-7-9-14(12(15)2)23-13(3)18-24-16-8-5-6-11-17(16)26(18)19(21)22/h5-11,13,19,23H,4H2,1-3H3,(H,25,27). The maximum Gasteiger partial charge on any atom is 0.411 e. The van der Waals surface area contributed by atoms with Crippen LogP contribution in [-0.4, -0.2) is 22.3 Å². The third-order valence-electron chi connectivity index (χ3n) is 4.42. The van der Waals surface area contributed by atoms with E-state index < -0.39 is 18.7 Å². The second-order valence-electron chi connectivity index (χ2n) is 6.30. The predicted octanol–water partition coefficient (Wildman–Crippen LogP) is 5.48. The number of anilines is 2. The Kier molecular flexibility index (Phi) is 5.77. The van der Waals surface area contributed by atoms with Gasteiger partial charge in [-0.15, -0.1) is 0 Å². The van der Waals surface area contributed by atoms with Gasteiger partial charge in [0.2, 0.25) is 0 Å². The quantitative estimate of drug-likeness (QED) is 0.587. The molecule has 28 heavy (non-hydrogen) atoms. The maximum absolute atomic E-state index is 13.7. The van der Waals surface area contributed by atoms with Crippen molar-refractivity contribution in [1.82, 2.24) is 9.55 Å². The van der Waals surface area contributed by atoms with Crippen LogP contribution in [0.4, 0.5) is 25.0 Å². The summed E-state index contributed by atoms with van der Waals surface area (Å²) in [5.74, 6) is 0.236. The van der Waals surface area contributed by atoms with Gasteiger partial charge in [-0.25, -0.2) is 9.78 Å². The van der Waals surface area contributed by atoms with Gasteiger partial charge in [-0.1, -0.05) is 18.2 Å². The number of rotatable bonds is 6. The fraction of sp³-hybridized carbons (Fsp3) is 0.300. The summed E-state index contributed by atoms with van der Waals surface area (Å²) in [6.07, 6.45) is -0.546. The van der Waals surface area contributed by atoms with E-state index in [1.54, 1.807) is 50.2 Å². The molecule has 0 radical (unpaired) electrons. The fourth-order valence-corrected chi connectivity index (χ4v) is 3.08. The Morgan fingerprint density at radius 2 is 1.89 bits per heavy atom. The van der Waals surface area contributed by atoms with E-state index in [0.717, 1.165) is 10.1 Å². The van der Waals surface area contributed by atoms with Crippen LogP contribution in [0.15, 0.2) is 42.5 Å². The van der Waals surface area contributed by atoms with Crippen molar-refractivity contribution in [3.63, 3.8) is 0 Å². The molecule has 0 spiro atoms. The molecule has 3 rings (SSSR count). The van der Waals surface area contributed by atoms with Crippen LogP contribution >= 0.6 is 0 Å². The predicted molar refractivity (Wildman–Crippen MR) is 105 cm³/mol. The number of aromatic nitrogens is 2. The number of imidazole rings is 1. The van der Waals surface area contributed by atoms with Crippen LogP contribution in [-0.2, 0) is 4.74 Å². The molecule has 1 amide bonds. The van der Waals surface area contributed by atoms with E-state index >= 15 is 0 Å². The average molecular weight is 388 g/mol. The summed E-state index contributed by atoms with van der Waals surface area (Å²) >= 11 is 0. The molecular formula is C20H22F2N4O2. The summed E-state index contributed by atoms with van der Waals surface area (Å²) < 4.78 is 33.2. The number of carbonyl (C=O) groups excluding carboxylic acids is 1. The number of hydrogen-bond acceptors (Lipinski definition) is 4. The normalized spacial score (nSPS) is 12.2. The van der Waals surface area contributed by atoms with Gasteiger partial charge in [0.05, 0.1) is 23.7 Å². The largest absolute Gasteiger partial charge is 0.450 e. The number of carbonyl (C=O) groups is 1. The van der Waals surface area contributed by atoms with Gasteiger partial charge in [-0.3, -0.25) is 9.88 Å². The van der Waals surface area contributed by atoms with Gasteiger partial charge in [0.1, 0.15) is 5.82 Å². The van der Waals surface area contributed by atoms with Crippen LogP contribution in [0, 0.1) is 6.92 Å². The molecule has 1 heterocycles.